The fourth-order valence-corrected chi connectivity index (χ4v) is 3.49. The Hall–Kier alpha value is -2.31. The van der Waals surface area contributed by atoms with Crippen molar-refractivity contribution in [2.45, 2.75) is 32.5 Å². The number of aromatic nitrogens is 1. The number of methoxy groups -OCH3 is 2. The van der Waals surface area contributed by atoms with E-state index in [9.17, 15) is 0 Å². The summed E-state index contributed by atoms with van der Waals surface area (Å²) in [5, 5.41) is 3.63. The Morgan fingerprint density at radius 1 is 1.19 bits per heavy atom. The molecular weight excluding hydrogens is 342 g/mol. The molecule has 1 fully saturated rings. The Bertz CT molecular complexity index is 751. The van der Waals surface area contributed by atoms with Crippen LogP contribution in [0, 0.1) is 0 Å². The Morgan fingerprint density at radius 3 is 2.74 bits per heavy atom. The van der Waals surface area contributed by atoms with Crippen molar-refractivity contribution < 1.29 is 14.2 Å². The maximum Gasteiger partial charge on any atom is 0.257 e. The molecule has 1 aromatic carbocycles. The van der Waals surface area contributed by atoms with Gasteiger partial charge in [-0.2, -0.15) is 0 Å². The van der Waals surface area contributed by atoms with Crippen LogP contribution in [0.4, 0.5) is 0 Å². The van der Waals surface area contributed by atoms with E-state index < -0.39 is 0 Å². The van der Waals surface area contributed by atoms with Gasteiger partial charge in [-0.15, -0.1) is 0 Å². The molecule has 0 aliphatic carbocycles. The van der Waals surface area contributed by atoms with Gasteiger partial charge >= 0.3 is 0 Å². The average Bonchev–Trinajstić information content (AvgIpc) is 2.68. The standard InChI is InChI=1S/C21H29N3O3/c1-15(2)27-19-8-6-5-7-17(19)18-14-24(12-11-22-18)13-16-9-10-23-21(26-4)20(16)25-3/h5-10,15,18,22H,11-14H2,1-4H3/t18-/m1/s1. The van der Waals surface area contributed by atoms with Crippen LogP contribution >= 0.6 is 0 Å². The monoisotopic (exact) mass is 371 g/mol. The van der Waals surface area contributed by atoms with Gasteiger partial charge in [-0.25, -0.2) is 4.98 Å². The summed E-state index contributed by atoms with van der Waals surface area (Å²) in [5.41, 5.74) is 2.28. The van der Waals surface area contributed by atoms with Gasteiger partial charge in [0.05, 0.1) is 20.3 Å². The molecule has 0 bridgehead atoms. The van der Waals surface area contributed by atoms with Crippen LogP contribution in [0.3, 0.4) is 0 Å². The van der Waals surface area contributed by atoms with Crippen molar-refractivity contribution in [3.8, 4) is 17.4 Å². The summed E-state index contributed by atoms with van der Waals surface area (Å²) in [5.74, 6) is 2.19. The molecule has 6 heteroatoms. The maximum atomic E-state index is 6.02. The van der Waals surface area contributed by atoms with Crippen LogP contribution in [-0.2, 0) is 6.54 Å². The van der Waals surface area contributed by atoms with Crippen LogP contribution in [-0.4, -0.2) is 49.8 Å². The Balaban J connectivity index is 1.76. The van der Waals surface area contributed by atoms with E-state index in [1.807, 2.05) is 18.2 Å². The third-order valence-electron chi connectivity index (χ3n) is 4.66. The van der Waals surface area contributed by atoms with Crippen molar-refractivity contribution in [1.82, 2.24) is 15.2 Å². The molecule has 2 aromatic rings. The molecule has 0 unspecified atom stereocenters. The van der Waals surface area contributed by atoms with Crippen molar-refractivity contribution in [3.63, 3.8) is 0 Å². The Kier molecular flexibility index (Phi) is 6.53. The number of benzene rings is 1. The minimum absolute atomic E-state index is 0.152. The molecule has 1 aromatic heterocycles. The molecule has 6 nitrogen and oxygen atoms in total. The first-order valence-electron chi connectivity index (χ1n) is 9.39. The van der Waals surface area contributed by atoms with Gasteiger partial charge in [0, 0.05) is 49.5 Å². The van der Waals surface area contributed by atoms with Crippen molar-refractivity contribution in [2.75, 3.05) is 33.9 Å². The first-order chi connectivity index (χ1) is 13.1. The van der Waals surface area contributed by atoms with Crippen LogP contribution < -0.4 is 19.5 Å². The lowest BCUT2D eigenvalue weighted by Gasteiger charge is -2.35. The predicted octanol–water partition coefficient (Wildman–Crippen LogP) is 3.03. The zero-order chi connectivity index (χ0) is 19.2. The molecule has 1 atom stereocenters. The van der Waals surface area contributed by atoms with Crippen molar-refractivity contribution in [1.29, 1.82) is 0 Å². The Labute approximate surface area is 161 Å². The number of para-hydroxylation sites is 1. The van der Waals surface area contributed by atoms with Crippen molar-refractivity contribution >= 4 is 0 Å². The lowest BCUT2D eigenvalue weighted by Crippen LogP contribution is -2.45. The van der Waals surface area contributed by atoms with Crippen LogP contribution in [0.5, 0.6) is 17.4 Å². The number of nitrogens with zero attached hydrogens (tertiary/aromatic N) is 2. The van der Waals surface area contributed by atoms with E-state index in [0.29, 0.717) is 11.6 Å². The largest absolute Gasteiger partial charge is 0.491 e. The molecular formula is C21H29N3O3. The predicted molar refractivity (Wildman–Crippen MR) is 106 cm³/mol. The smallest absolute Gasteiger partial charge is 0.257 e. The zero-order valence-corrected chi connectivity index (χ0v) is 16.6. The number of ether oxygens (including phenoxy) is 3. The van der Waals surface area contributed by atoms with E-state index in [2.05, 4.69) is 41.2 Å². The minimum Gasteiger partial charge on any atom is -0.491 e. The molecule has 27 heavy (non-hydrogen) atoms. The molecule has 2 heterocycles. The summed E-state index contributed by atoms with van der Waals surface area (Å²) in [6.07, 6.45) is 1.92. The SMILES string of the molecule is COc1nccc(CN2CCN[C@@H](c3ccccc3OC(C)C)C2)c1OC. The average molecular weight is 371 g/mol. The first-order valence-corrected chi connectivity index (χ1v) is 9.39. The molecule has 146 valence electrons. The fourth-order valence-electron chi connectivity index (χ4n) is 3.49. The van der Waals surface area contributed by atoms with Gasteiger partial charge in [0.1, 0.15) is 5.75 Å². The zero-order valence-electron chi connectivity index (χ0n) is 16.6. The van der Waals surface area contributed by atoms with Crippen LogP contribution in [0.25, 0.3) is 0 Å². The van der Waals surface area contributed by atoms with Gasteiger partial charge in [0.2, 0.25) is 0 Å². The topological polar surface area (TPSA) is 55.9 Å². The summed E-state index contributed by atoms with van der Waals surface area (Å²) < 4.78 is 16.9. The summed E-state index contributed by atoms with van der Waals surface area (Å²) in [7, 11) is 3.27. The summed E-state index contributed by atoms with van der Waals surface area (Å²) in [4.78, 5) is 6.65. The molecule has 0 amide bonds. The summed E-state index contributed by atoms with van der Waals surface area (Å²) in [6, 6.07) is 10.5. The van der Waals surface area contributed by atoms with E-state index in [4.69, 9.17) is 14.2 Å². The minimum atomic E-state index is 0.152. The van der Waals surface area contributed by atoms with Gasteiger partial charge in [-0.3, -0.25) is 4.90 Å². The van der Waals surface area contributed by atoms with Gasteiger partial charge in [-0.05, 0) is 26.0 Å². The molecule has 0 radical (unpaired) electrons. The lowest BCUT2D eigenvalue weighted by molar-refractivity contribution is 0.184. The van der Waals surface area contributed by atoms with Crippen LogP contribution in [0.1, 0.15) is 31.0 Å². The second kappa shape index (κ2) is 9.06. The van der Waals surface area contributed by atoms with E-state index >= 15 is 0 Å². The van der Waals surface area contributed by atoms with Crippen LogP contribution in [0.2, 0.25) is 0 Å². The number of pyridine rings is 1. The van der Waals surface area contributed by atoms with E-state index in [-0.39, 0.29) is 12.1 Å². The fraction of sp³-hybridized carbons (Fsp3) is 0.476. The second-order valence-electron chi connectivity index (χ2n) is 6.96. The maximum absolute atomic E-state index is 6.02. The highest BCUT2D eigenvalue weighted by Gasteiger charge is 2.25. The number of piperazine rings is 1. The quantitative estimate of drug-likeness (QED) is 0.807. The molecule has 0 saturated carbocycles. The van der Waals surface area contributed by atoms with Gasteiger partial charge in [0.25, 0.3) is 5.88 Å². The highest BCUT2D eigenvalue weighted by Crippen LogP contribution is 2.31. The number of hydrogen-bond acceptors (Lipinski definition) is 6. The molecule has 3 rings (SSSR count). The number of rotatable bonds is 7. The molecule has 1 aliphatic rings. The van der Waals surface area contributed by atoms with Gasteiger partial charge in [0.15, 0.2) is 5.75 Å². The number of nitrogens with one attached hydrogen (secondary N) is 1. The summed E-state index contributed by atoms with van der Waals surface area (Å²) >= 11 is 0. The van der Waals surface area contributed by atoms with E-state index in [1.54, 1.807) is 20.4 Å². The van der Waals surface area contributed by atoms with E-state index in [0.717, 1.165) is 37.5 Å². The van der Waals surface area contributed by atoms with Gasteiger partial charge < -0.3 is 19.5 Å². The molecule has 1 aliphatic heterocycles. The highest BCUT2D eigenvalue weighted by atomic mass is 16.5. The number of hydrogen-bond donors (Lipinski definition) is 1. The van der Waals surface area contributed by atoms with Crippen LogP contribution in [0.15, 0.2) is 36.5 Å². The third kappa shape index (κ3) is 4.70. The second-order valence-corrected chi connectivity index (χ2v) is 6.96. The molecule has 0 spiro atoms. The summed E-state index contributed by atoms with van der Waals surface area (Å²) in [6.45, 7) is 7.68. The van der Waals surface area contributed by atoms with E-state index in [1.165, 1.54) is 5.56 Å². The van der Waals surface area contributed by atoms with Gasteiger partial charge in [-0.1, -0.05) is 18.2 Å². The normalized spacial score (nSPS) is 17.7. The van der Waals surface area contributed by atoms with Crippen molar-refractivity contribution in [3.05, 3.63) is 47.7 Å². The van der Waals surface area contributed by atoms with Crippen molar-refractivity contribution in [2.24, 2.45) is 0 Å². The third-order valence-corrected chi connectivity index (χ3v) is 4.66. The molecule has 1 saturated heterocycles. The first kappa shape index (κ1) is 19.5. The lowest BCUT2D eigenvalue weighted by atomic mass is 10.0. The molecule has 1 N–H and O–H groups in total. The highest BCUT2D eigenvalue weighted by molar-refractivity contribution is 5.41. The Morgan fingerprint density at radius 2 is 2.00 bits per heavy atom.